The quantitative estimate of drug-likeness (QED) is 0.518. The van der Waals surface area contributed by atoms with E-state index in [0.717, 1.165) is 16.7 Å². The standard InChI is InChI=1S/C20H22O7/c21-9-16-17(23)18(24)19(25)20(27-16)15-8-12(4-5-13(15)10-26-20)6-11-2-1-3-14(22)7-11/h1-5,7-8,16-19,21-25H,6,9-10H2/t16-,17-,18+,19-,20+/m1/s1. The second kappa shape index (κ2) is 6.87. The van der Waals surface area contributed by atoms with E-state index in [4.69, 9.17) is 9.47 Å². The van der Waals surface area contributed by atoms with Gasteiger partial charge in [0, 0.05) is 5.56 Å². The van der Waals surface area contributed by atoms with Crippen LogP contribution in [0.3, 0.4) is 0 Å². The fourth-order valence-electron chi connectivity index (χ4n) is 3.83. The number of phenols is 1. The van der Waals surface area contributed by atoms with Gasteiger partial charge in [0.15, 0.2) is 0 Å². The molecular weight excluding hydrogens is 352 g/mol. The molecule has 2 heterocycles. The molecule has 1 spiro atoms. The van der Waals surface area contributed by atoms with E-state index in [1.54, 1.807) is 18.2 Å². The number of phenolic OH excluding ortho intramolecular Hbond substituents is 1. The number of aliphatic hydroxyl groups excluding tert-OH is 4. The van der Waals surface area contributed by atoms with Crippen LogP contribution in [0.2, 0.25) is 0 Å². The molecule has 2 aromatic rings. The zero-order valence-corrected chi connectivity index (χ0v) is 14.5. The predicted molar refractivity (Wildman–Crippen MR) is 93.8 cm³/mol. The van der Waals surface area contributed by atoms with Gasteiger partial charge in [0.2, 0.25) is 5.79 Å². The molecule has 27 heavy (non-hydrogen) atoms. The van der Waals surface area contributed by atoms with E-state index in [-0.39, 0.29) is 12.4 Å². The van der Waals surface area contributed by atoms with Gasteiger partial charge >= 0.3 is 0 Å². The third kappa shape index (κ3) is 3.02. The molecule has 2 aromatic carbocycles. The molecule has 0 aromatic heterocycles. The van der Waals surface area contributed by atoms with Crippen LogP contribution >= 0.6 is 0 Å². The molecule has 1 fully saturated rings. The smallest absolute Gasteiger partial charge is 0.225 e. The van der Waals surface area contributed by atoms with E-state index in [9.17, 15) is 25.5 Å². The third-order valence-electron chi connectivity index (χ3n) is 5.26. The van der Waals surface area contributed by atoms with Crippen molar-refractivity contribution in [3.8, 4) is 5.75 Å². The number of hydrogen-bond donors (Lipinski definition) is 5. The van der Waals surface area contributed by atoms with Crippen molar-refractivity contribution in [1.82, 2.24) is 0 Å². The Labute approximate surface area is 156 Å². The van der Waals surface area contributed by atoms with Crippen LogP contribution in [0.5, 0.6) is 5.75 Å². The Morgan fingerprint density at radius 1 is 1.00 bits per heavy atom. The Morgan fingerprint density at radius 2 is 1.78 bits per heavy atom. The van der Waals surface area contributed by atoms with Crippen molar-refractivity contribution in [3.63, 3.8) is 0 Å². The van der Waals surface area contributed by atoms with Gasteiger partial charge in [-0.1, -0.05) is 24.3 Å². The Kier molecular flexibility index (Phi) is 4.67. The molecule has 0 bridgehead atoms. The van der Waals surface area contributed by atoms with Crippen LogP contribution < -0.4 is 0 Å². The van der Waals surface area contributed by atoms with Gasteiger partial charge < -0.3 is 35.0 Å². The van der Waals surface area contributed by atoms with Gasteiger partial charge in [-0.2, -0.15) is 0 Å². The van der Waals surface area contributed by atoms with E-state index in [1.165, 1.54) is 0 Å². The van der Waals surface area contributed by atoms with Gasteiger partial charge in [-0.05, 0) is 41.3 Å². The van der Waals surface area contributed by atoms with Crippen LogP contribution in [0.4, 0.5) is 0 Å². The molecule has 7 heteroatoms. The first-order chi connectivity index (χ1) is 12.9. The summed E-state index contributed by atoms with van der Waals surface area (Å²) in [5.74, 6) is -1.46. The second-order valence-electron chi connectivity index (χ2n) is 7.06. The van der Waals surface area contributed by atoms with Crippen molar-refractivity contribution >= 4 is 0 Å². The molecule has 0 aliphatic carbocycles. The maximum Gasteiger partial charge on any atom is 0.225 e. The summed E-state index contributed by atoms with van der Waals surface area (Å²) in [5.41, 5.74) is 3.18. The Morgan fingerprint density at radius 3 is 2.52 bits per heavy atom. The van der Waals surface area contributed by atoms with Gasteiger partial charge in [-0.15, -0.1) is 0 Å². The summed E-state index contributed by atoms with van der Waals surface area (Å²) in [5, 5.41) is 50.0. The van der Waals surface area contributed by atoms with Crippen LogP contribution in [-0.4, -0.2) is 56.6 Å². The topological polar surface area (TPSA) is 120 Å². The molecular formula is C20H22O7. The molecule has 5 N–H and O–H groups in total. The lowest BCUT2D eigenvalue weighted by Crippen LogP contribution is -2.63. The minimum Gasteiger partial charge on any atom is -0.508 e. The number of fused-ring (bicyclic) bond motifs is 2. The molecule has 2 aliphatic rings. The van der Waals surface area contributed by atoms with Gasteiger partial charge in [0.05, 0.1) is 13.2 Å². The Bertz CT molecular complexity index is 837. The molecule has 7 nitrogen and oxygen atoms in total. The van der Waals surface area contributed by atoms with Crippen molar-refractivity contribution < 1.29 is 35.0 Å². The number of rotatable bonds is 3. The van der Waals surface area contributed by atoms with Crippen molar-refractivity contribution in [3.05, 3.63) is 64.7 Å². The Hall–Kier alpha value is -2.00. The molecule has 1 saturated heterocycles. The lowest BCUT2D eigenvalue weighted by molar-refractivity contribution is -0.368. The van der Waals surface area contributed by atoms with E-state index in [0.29, 0.717) is 12.0 Å². The van der Waals surface area contributed by atoms with Crippen LogP contribution in [0.15, 0.2) is 42.5 Å². The summed E-state index contributed by atoms with van der Waals surface area (Å²) in [6.07, 6.45) is -4.98. The monoisotopic (exact) mass is 374 g/mol. The SMILES string of the molecule is OC[C@H]1O[C@]2(OCc3ccc(Cc4cccc(O)c4)cc32)[C@H](O)[C@@H](O)[C@@H]1O. The first-order valence-corrected chi connectivity index (χ1v) is 8.81. The van der Waals surface area contributed by atoms with E-state index in [2.05, 4.69) is 0 Å². The van der Waals surface area contributed by atoms with Gasteiger partial charge in [0.25, 0.3) is 0 Å². The summed E-state index contributed by atoms with van der Waals surface area (Å²) in [6.45, 7) is -0.339. The largest absolute Gasteiger partial charge is 0.508 e. The van der Waals surface area contributed by atoms with E-state index >= 15 is 0 Å². The van der Waals surface area contributed by atoms with Crippen molar-refractivity contribution in [2.45, 2.75) is 43.2 Å². The number of aromatic hydroxyl groups is 1. The summed E-state index contributed by atoms with van der Waals surface area (Å²) < 4.78 is 11.5. The molecule has 2 aliphatic heterocycles. The number of aliphatic hydroxyl groups is 4. The lowest BCUT2D eigenvalue weighted by atomic mass is 9.86. The zero-order valence-electron chi connectivity index (χ0n) is 14.5. The summed E-state index contributed by atoms with van der Waals surface area (Å²) in [4.78, 5) is 0. The summed E-state index contributed by atoms with van der Waals surface area (Å²) in [6, 6.07) is 12.6. The normalized spacial score (nSPS) is 32.6. The molecule has 0 radical (unpaired) electrons. The summed E-state index contributed by atoms with van der Waals surface area (Å²) >= 11 is 0. The fraction of sp³-hybridized carbons (Fsp3) is 0.400. The van der Waals surface area contributed by atoms with Crippen molar-refractivity contribution in [2.75, 3.05) is 6.61 Å². The average Bonchev–Trinajstić information content (AvgIpc) is 3.02. The first kappa shape index (κ1) is 18.4. The predicted octanol–water partition coefficient (Wildman–Crippen LogP) is 0.140. The molecule has 5 atom stereocenters. The maximum atomic E-state index is 10.6. The zero-order chi connectivity index (χ0) is 19.2. The molecule has 0 amide bonds. The number of benzene rings is 2. The van der Waals surface area contributed by atoms with Crippen LogP contribution in [0, 0.1) is 0 Å². The third-order valence-corrected chi connectivity index (χ3v) is 5.26. The molecule has 4 rings (SSSR count). The molecule has 144 valence electrons. The van der Waals surface area contributed by atoms with Gasteiger partial charge in [-0.3, -0.25) is 0 Å². The van der Waals surface area contributed by atoms with Crippen LogP contribution in [0.25, 0.3) is 0 Å². The highest BCUT2D eigenvalue weighted by Gasteiger charge is 2.58. The number of ether oxygens (including phenoxy) is 2. The lowest BCUT2D eigenvalue weighted by Gasteiger charge is -2.46. The van der Waals surface area contributed by atoms with Crippen LogP contribution in [-0.2, 0) is 28.3 Å². The highest BCUT2D eigenvalue weighted by Crippen LogP contribution is 2.46. The minimum absolute atomic E-state index is 0.180. The van der Waals surface area contributed by atoms with E-state index in [1.807, 2.05) is 24.3 Å². The highest BCUT2D eigenvalue weighted by atomic mass is 16.7. The summed E-state index contributed by atoms with van der Waals surface area (Å²) in [7, 11) is 0. The Balaban J connectivity index is 1.70. The van der Waals surface area contributed by atoms with Gasteiger partial charge in [-0.25, -0.2) is 0 Å². The van der Waals surface area contributed by atoms with Crippen LogP contribution in [0.1, 0.15) is 22.3 Å². The average molecular weight is 374 g/mol. The second-order valence-corrected chi connectivity index (χ2v) is 7.06. The molecule has 0 saturated carbocycles. The van der Waals surface area contributed by atoms with Crippen molar-refractivity contribution in [1.29, 1.82) is 0 Å². The number of hydrogen-bond acceptors (Lipinski definition) is 7. The first-order valence-electron chi connectivity index (χ1n) is 8.81. The minimum atomic E-state index is -1.64. The maximum absolute atomic E-state index is 10.6. The molecule has 0 unspecified atom stereocenters. The van der Waals surface area contributed by atoms with Gasteiger partial charge in [0.1, 0.15) is 30.2 Å². The van der Waals surface area contributed by atoms with Crippen molar-refractivity contribution in [2.24, 2.45) is 0 Å². The fourth-order valence-corrected chi connectivity index (χ4v) is 3.83. The highest BCUT2D eigenvalue weighted by molar-refractivity contribution is 5.41. The van der Waals surface area contributed by atoms with E-state index < -0.39 is 36.8 Å².